The van der Waals surface area contributed by atoms with E-state index in [0.717, 1.165) is 116 Å². The second kappa shape index (κ2) is 79.8. The van der Waals surface area contributed by atoms with Crippen molar-refractivity contribution in [1.29, 1.82) is 0 Å². The molecule has 0 aromatic heterocycles. The van der Waals surface area contributed by atoms with Gasteiger partial charge >= 0.3 is 34.7 Å². The Kier molecular flexibility index (Phi) is 84.0. The molecular weight excluding hydrogens is 1570 g/mol. The van der Waals surface area contributed by atoms with Crippen molar-refractivity contribution in [2.45, 2.75) is 520 Å². The predicted octanol–water partition coefficient (Wildman–Crippen LogP) is 17.6. The molecule has 0 aliphatic carbocycles. The normalized spacial score (nSPS) is 12.8. The maximum Gasteiger partial charge on any atom is 3.00 e. The summed E-state index contributed by atoms with van der Waals surface area (Å²) in [5, 5.41) is 64.5. The van der Waals surface area contributed by atoms with Crippen LogP contribution in [0.3, 0.4) is 0 Å². The number of unbranched alkanes of at least 4 members (excludes halogenated alkanes) is 60. The number of carboxylic acid groups (broad SMARTS) is 6. The molecule has 0 saturated heterocycles. The molecule has 0 aromatic carbocycles. The first-order valence-corrected chi connectivity index (χ1v) is 51.1. The van der Waals surface area contributed by atoms with Gasteiger partial charge in [0.25, 0.3) is 30.4 Å². The summed E-state index contributed by atoms with van der Waals surface area (Å²) in [6.07, 6.45) is 67.6. The second-order valence-corrected chi connectivity index (χ2v) is 38.2. The number of aliphatic carboxylic acids is 6. The van der Waals surface area contributed by atoms with Crippen molar-refractivity contribution in [3.8, 4) is 0 Å². The van der Waals surface area contributed by atoms with E-state index in [2.05, 4.69) is 41.5 Å². The Balaban J connectivity index is -0.000000527. The Bertz CT molecular complexity index is 2340. The minimum Gasteiger partial charge on any atom is -0.549 e. The van der Waals surface area contributed by atoms with Gasteiger partial charge in [0.1, 0.15) is 15.7 Å². The van der Waals surface area contributed by atoms with Gasteiger partial charge < -0.3 is 59.4 Å². The van der Waals surface area contributed by atoms with Gasteiger partial charge in [0, 0.05) is 34.2 Å². The number of carbonyl (C=O) groups excluding carboxylic acids is 6. The molecule has 3 unspecified atom stereocenters. The van der Waals surface area contributed by atoms with E-state index in [-0.39, 0.29) is 73.2 Å². The van der Waals surface area contributed by atoms with Gasteiger partial charge in [0.2, 0.25) is 0 Å². The van der Waals surface area contributed by atoms with Gasteiger partial charge in [0.05, 0.1) is 17.9 Å². The van der Waals surface area contributed by atoms with Gasteiger partial charge in [-0.25, -0.2) is 0 Å². The monoisotopic (exact) mass is 1740 g/mol. The molecule has 0 aliphatic heterocycles. The van der Waals surface area contributed by atoms with E-state index >= 15 is 0 Å². The first kappa shape index (κ1) is 122. The number of rotatable bonds is 84. The van der Waals surface area contributed by atoms with E-state index in [0.29, 0.717) is 77.0 Å². The molecule has 0 saturated carbocycles. The molecule has 116 heavy (non-hydrogen) atoms. The standard InChI is InChI=1S/3C30H58O7S.2Al/c3*1-3-5-7-9-11-13-15-17-19-21-23-25-30(29(33)34,27(28(31)32)38(35,36)37)26-24-22-20-18-16-14-12-10-8-6-4-2;;/h3*27H,3-26H2,1-2H3,(H,31,32)(H,33,34)(H,35,36,37);;/q;;;2*+3/p-6. The summed E-state index contributed by atoms with van der Waals surface area (Å²) in [5.41, 5.74) is -6.57. The van der Waals surface area contributed by atoms with Crippen LogP contribution in [0.4, 0.5) is 0 Å². The van der Waals surface area contributed by atoms with Crippen LogP contribution in [-0.2, 0) is 59.1 Å². The molecule has 0 bridgehead atoms. The molecule has 26 heteroatoms. The van der Waals surface area contributed by atoms with E-state index in [1.165, 1.54) is 231 Å². The SMILES string of the molecule is CCCCCCCCCCCCCC(CCCCCCCCCCCCC)(C(=O)[O-])C(C(=O)[O-])S(=O)(=O)O.CCCCCCCCCCCCCC(CCCCCCCCCCCCC)(C(=O)[O-])C(C(=O)[O-])S(=O)(=O)O.CCCCCCCCCCCCCC(CCCCCCCCCCCCC)(C(=O)[O-])C(C(=O)[O-])S(=O)(=O)O.[Al+3].[Al+3]. The topological polar surface area (TPSA) is 404 Å². The molecule has 0 aliphatic rings. The molecule has 0 amide bonds. The van der Waals surface area contributed by atoms with Crippen LogP contribution in [0.15, 0.2) is 0 Å². The van der Waals surface area contributed by atoms with E-state index in [4.69, 9.17) is 0 Å². The predicted molar refractivity (Wildman–Crippen MR) is 461 cm³/mol. The Labute approximate surface area is 730 Å². The van der Waals surface area contributed by atoms with Crippen molar-refractivity contribution in [2.75, 3.05) is 0 Å². The van der Waals surface area contributed by atoms with E-state index in [9.17, 15) is 98.3 Å². The third-order valence-electron chi connectivity index (χ3n) is 23.6. The van der Waals surface area contributed by atoms with Crippen LogP contribution < -0.4 is 30.6 Å². The fourth-order valence-electron chi connectivity index (χ4n) is 16.6. The third kappa shape index (κ3) is 62.7. The van der Waals surface area contributed by atoms with Crippen LogP contribution in [0.25, 0.3) is 0 Å². The van der Waals surface area contributed by atoms with Crippen LogP contribution in [0.5, 0.6) is 0 Å². The van der Waals surface area contributed by atoms with E-state index < -0.39 is 98.2 Å². The third-order valence-corrected chi connectivity index (χ3v) is 27.3. The zero-order valence-electron chi connectivity index (χ0n) is 74.2. The van der Waals surface area contributed by atoms with Crippen LogP contribution in [0.2, 0.25) is 0 Å². The Morgan fingerprint density at radius 2 is 0.284 bits per heavy atom. The van der Waals surface area contributed by atoms with Crippen molar-refractivity contribution in [3.63, 3.8) is 0 Å². The molecule has 3 atom stereocenters. The maximum absolute atomic E-state index is 12.3. The quantitative estimate of drug-likeness (QED) is 0.0289. The molecule has 0 fully saturated rings. The summed E-state index contributed by atoms with van der Waals surface area (Å²) in [4.78, 5) is 72.1. The van der Waals surface area contributed by atoms with Crippen LogP contribution >= 0.6 is 0 Å². The molecule has 0 heterocycles. The summed E-state index contributed by atoms with van der Waals surface area (Å²) in [6, 6.07) is 0. The van der Waals surface area contributed by atoms with Crippen molar-refractivity contribution in [2.24, 2.45) is 16.2 Å². The molecule has 0 radical (unpaired) electrons. The molecule has 0 spiro atoms. The number of hydrogen-bond donors (Lipinski definition) is 3. The van der Waals surface area contributed by atoms with Gasteiger partial charge in [-0.2, -0.15) is 25.3 Å². The van der Waals surface area contributed by atoms with Gasteiger partial charge in [-0.1, -0.05) is 465 Å². The zero-order valence-corrected chi connectivity index (χ0v) is 79.0. The minimum atomic E-state index is -5.18. The van der Waals surface area contributed by atoms with Crippen molar-refractivity contribution in [1.82, 2.24) is 0 Å². The van der Waals surface area contributed by atoms with Crippen molar-refractivity contribution in [3.05, 3.63) is 0 Å². The Morgan fingerprint density at radius 1 is 0.198 bits per heavy atom. The largest absolute Gasteiger partial charge is 3.00 e. The van der Waals surface area contributed by atoms with E-state index in [1.54, 1.807) is 0 Å². The molecule has 0 rings (SSSR count). The first-order chi connectivity index (χ1) is 54.4. The minimum absolute atomic E-state index is 0. The van der Waals surface area contributed by atoms with Crippen LogP contribution in [0, 0.1) is 16.2 Å². The zero-order chi connectivity index (χ0) is 86.1. The Morgan fingerprint density at radius 3 is 0.353 bits per heavy atom. The van der Waals surface area contributed by atoms with E-state index in [1.807, 2.05) is 0 Å². The number of carboxylic acids is 6. The van der Waals surface area contributed by atoms with Crippen molar-refractivity contribution >= 4 is 101 Å². The Hall–Kier alpha value is -2.39. The van der Waals surface area contributed by atoms with Gasteiger partial charge in [-0.15, -0.1) is 0 Å². The average Bonchev–Trinajstić information content (AvgIpc) is 0.787. The summed E-state index contributed by atoms with van der Waals surface area (Å²) in [6.45, 7) is 13.2. The van der Waals surface area contributed by atoms with Crippen LogP contribution in [-0.4, -0.2) is 125 Å². The average molecular weight is 1740 g/mol. The van der Waals surface area contributed by atoms with Gasteiger partial charge in [-0.3, -0.25) is 13.7 Å². The molecular formula is C90H168Al2O21S3. The summed E-state index contributed by atoms with van der Waals surface area (Å²) in [5.74, 6) is -11.4. The fraction of sp³-hybridized carbons (Fsp3) is 0.933. The first-order valence-electron chi connectivity index (χ1n) is 46.6. The van der Waals surface area contributed by atoms with Gasteiger partial charge in [-0.05, 0) is 38.5 Å². The number of hydrogen-bond acceptors (Lipinski definition) is 18. The van der Waals surface area contributed by atoms with Crippen molar-refractivity contribution < 1.29 is 98.3 Å². The molecule has 0 aromatic rings. The fourth-order valence-corrected chi connectivity index (χ4v) is 20.1. The molecule has 678 valence electrons. The summed E-state index contributed by atoms with van der Waals surface area (Å²) < 4.78 is 101. The maximum atomic E-state index is 12.3. The summed E-state index contributed by atoms with van der Waals surface area (Å²) >= 11 is 0. The van der Waals surface area contributed by atoms with Crippen LogP contribution in [0.1, 0.15) is 504 Å². The molecule has 3 N–H and O–H groups in total. The summed E-state index contributed by atoms with van der Waals surface area (Å²) in [7, 11) is -15.5. The molecule has 21 nitrogen and oxygen atoms in total. The second-order valence-electron chi connectivity index (χ2n) is 33.7. The van der Waals surface area contributed by atoms with Gasteiger partial charge in [0.15, 0.2) is 0 Å². The smallest absolute Gasteiger partial charge is 0.549 e. The number of carbonyl (C=O) groups is 6.